The first-order valence-corrected chi connectivity index (χ1v) is 6.62. The minimum Gasteiger partial charge on any atom is -0.310 e. The van der Waals surface area contributed by atoms with E-state index in [1.807, 2.05) is 0 Å². The van der Waals surface area contributed by atoms with E-state index in [0.717, 1.165) is 0 Å². The summed E-state index contributed by atoms with van der Waals surface area (Å²) >= 11 is 5.94. The lowest BCUT2D eigenvalue weighted by Crippen LogP contribution is -2.17. The molecular formula is C13H14ClFN4. The van der Waals surface area contributed by atoms with Crippen LogP contribution in [0.3, 0.4) is 0 Å². The fraction of sp³-hybridized carbons (Fsp3) is 0.385. The normalized spacial score (nSPS) is 14.9. The summed E-state index contributed by atoms with van der Waals surface area (Å²) in [4.78, 5) is 4.05. The van der Waals surface area contributed by atoms with Gasteiger partial charge in [-0.25, -0.2) is 14.1 Å². The van der Waals surface area contributed by atoms with E-state index in [0.29, 0.717) is 28.9 Å². The van der Waals surface area contributed by atoms with E-state index >= 15 is 0 Å². The second-order valence-corrected chi connectivity index (χ2v) is 5.18. The molecule has 1 aliphatic carbocycles. The van der Waals surface area contributed by atoms with Crippen LogP contribution in [0.1, 0.15) is 24.1 Å². The SMILES string of the molecule is Cc1nn(-c2nccc(CNC3CC3)c2F)cc1Cl. The van der Waals surface area contributed by atoms with E-state index in [1.54, 1.807) is 25.4 Å². The van der Waals surface area contributed by atoms with Crippen LogP contribution in [-0.2, 0) is 6.54 Å². The first-order chi connectivity index (χ1) is 9.15. The average Bonchev–Trinajstić information content (AvgIpc) is 3.15. The number of rotatable bonds is 4. The van der Waals surface area contributed by atoms with Crippen LogP contribution in [0.5, 0.6) is 0 Å². The van der Waals surface area contributed by atoms with Crippen molar-refractivity contribution in [2.45, 2.75) is 32.4 Å². The molecule has 0 radical (unpaired) electrons. The molecule has 0 saturated heterocycles. The summed E-state index contributed by atoms with van der Waals surface area (Å²) in [6.45, 7) is 2.29. The molecule has 1 N–H and O–H groups in total. The fourth-order valence-electron chi connectivity index (χ4n) is 1.86. The van der Waals surface area contributed by atoms with Crippen LogP contribution in [-0.4, -0.2) is 20.8 Å². The highest BCUT2D eigenvalue weighted by atomic mass is 35.5. The number of hydrogen-bond donors (Lipinski definition) is 1. The van der Waals surface area contributed by atoms with Crippen molar-refractivity contribution >= 4 is 11.6 Å². The Morgan fingerprint density at radius 1 is 1.53 bits per heavy atom. The zero-order valence-electron chi connectivity index (χ0n) is 10.5. The molecule has 1 aliphatic rings. The van der Waals surface area contributed by atoms with Gasteiger partial charge >= 0.3 is 0 Å². The first-order valence-electron chi connectivity index (χ1n) is 6.24. The zero-order valence-corrected chi connectivity index (χ0v) is 11.3. The Labute approximate surface area is 115 Å². The van der Waals surface area contributed by atoms with Crippen LogP contribution >= 0.6 is 11.6 Å². The van der Waals surface area contributed by atoms with Gasteiger partial charge in [0.15, 0.2) is 11.6 Å². The minimum absolute atomic E-state index is 0.185. The number of hydrogen-bond acceptors (Lipinski definition) is 3. The van der Waals surface area contributed by atoms with Crippen molar-refractivity contribution in [1.29, 1.82) is 0 Å². The maximum absolute atomic E-state index is 14.4. The Kier molecular flexibility index (Phi) is 3.24. The Morgan fingerprint density at radius 2 is 2.32 bits per heavy atom. The number of aromatic nitrogens is 3. The van der Waals surface area contributed by atoms with Gasteiger partial charge in [-0.2, -0.15) is 5.10 Å². The molecule has 0 aliphatic heterocycles. The van der Waals surface area contributed by atoms with Crippen molar-refractivity contribution in [3.05, 3.63) is 40.6 Å². The molecule has 19 heavy (non-hydrogen) atoms. The molecule has 3 rings (SSSR count). The van der Waals surface area contributed by atoms with Crippen LogP contribution in [0.4, 0.5) is 4.39 Å². The van der Waals surface area contributed by atoms with E-state index in [1.165, 1.54) is 17.5 Å². The highest BCUT2D eigenvalue weighted by Crippen LogP contribution is 2.21. The quantitative estimate of drug-likeness (QED) is 0.936. The summed E-state index contributed by atoms with van der Waals surface area (Å²) < 4.78 is 15.7. The predicted octanol–water partition coefficient (Wildman–Crippen LogP) is 2.62. The van der Waals surface area contributed by atoms with Crippen LogP contribution in [0.2, 0.25) is 5.02 Å². The molecule has 2 aromatic rings. The topological polar surface area (TPSA) is 42.7 Å². The van der Waals surface area contributed by atoms with Crippen LogP contribution in [0.25, 0.3) is 5.82 Å². The van der Waals surface area contributed by atoms with Gasteiger partial charge in [0.25, 0.3) is 0 Å². The minimum atomic E-state index is -0.352. The van der Waals surface area contributed by atoms with Gasteiger partial charge in [0, 0.05) is 24.3 Å². The van der Waals surface area contributed by atoms with Gasteiger partial charge < -0.3 is 5.32 Å². The van der Waals surface area contributed by atoms with Gasteiger partial charge in [-0.05, 0) is 25.8 Å². The Hall–Kier alpha value is -1.46. The van der Waals surface area contributed by atoms with Crippen LogP contribution in [0.15, 0.2) is 18.5 Å². The second-order valence-electron chi connectivity index (χ2n) is 4.77. The molecule has 0 amide bonds. The van der Waals surface area contributed by atoms with Gasteiger partial charge in [-0.15, -0.1) is 0 Å². The summed E-state index contributed by atoms with van der Waals surface area (Å²) in [5.41, 5.74) is 1.26. The molecule has 4 nitrogen and oxygen atoms in total. The van der Waals surface area contributed by atoms with Crippen molar-refractivity contribution < 1.29 is 4.39 Å². The van der Waals surface area contributed by atoms with E-state index in [9.17, 15) is 4.39 Å². The van der Waals surface area contributed by atoms with Crippen molar-refractivity contribution in [3.63, 3.8) is 0 Å². The van der Waals surface area contributed by atoms with E-state index in [-0.39, 0.29) is 11.6 Å². The third-order valence-corrected chi connectivity index (χ3v) is 3.54. The monoisotopic (exact) mass is 280 g/mol. The molecule has 0 aromatic carbocycles. The number of pyridine rings is 1. The second kappa shape index (κ2) is 4.90. The molecule has 0 spiro atoms. The van der Waals surface area contributed by atoms with Gasteiger partial charge in [0.2, 0.25) is 0 Å². The third kappa shape index (κ3) is 2.62. The molecule has 0 unspecified atom stereocenters. The molecule has 0 atom stereocenters. The van der Waals surface area contributed by atoms with E-state index < -0.39 is 0 Å². The number of nitrogens with one attached hydrogen (secondary N) is 1. The van der Waals surface area contributed by atoms with Gasteiger partial charge in [0.05, 0.1) is 16.9 Å². The molecule has 100 valence electrons. The maximum atomic E-state index is 14.4. The summed E-state index contributed by atoms with van der Waals surface area (Å²) in [5, 5.41) is 7.94. The highest BCUT2D eigenvalue weighted by molar-refractivity contribution is 6.31. The number of aryl methyl sites for hydroxylation is 1. The largest absolute Gasteiger partial charge is 0.310 e. The van der Waals surface area contributed by atoms with Crippen molar-refractivity contribution in [2.24, 2.45) is 0 Å². The fourth-order valence-corrected chi connectivity index (χ4v) is 1.99. The Bertz CT molecular complexity index is 587. The molecule has 1 saturated carbocycles. The molecule has 1 fully saturated rings. The zero-order chi connectivity index (χ0) is 13.4. The predicted molar refractivity (Wildman–Crippen MR) is 70.9 cm³/mol. The van der Waals surface area contributed by atoms with Gasteiger partial charge in [-0.1, -0.05) is 11.6 Å². The summed E-state index contributed by atoms with van der Waals surface area (Å²) in [6.07, 6.45) is 5.51. The molecule has 0 bridgehead atoms. The summed E-state index contributed by atoms with van der Waals surface area (Å²) in [7, 11) is 0. The van der Waals surface area contributed by atoms with Crippen LogP contribution in [0, 0.1) is 12.7 Å². The van der Waals surface area contributed by atoms with Gasteiger partial charge in [0.1, 0.15) is 0 Å². The smallest absolute Gasteiger partial charge is 0.190 e. The van der Waals surface area contributed by atoms with Crippen molar-refractivity contribution in [1.82, 2.24) is 20.1 Å². The summed E-state index contributed by atoms with van der Waals surface area (Å²) in [5.74, 6) is -0.167. The number of halogens is 2. The molecule has 2 aromatic heterocycles. The first kappa shape index (κ1) is 12.6. The average molecular weight is 281 g/mol. The lowest BCUT2D eigenvalue weighted by Gasteiger charge is -2.08. The third-order valence-electron chi connectivity index (χ3n) is 3.17. The molecular weight excluding hydrogens is 267 g/mol. The Balaban J connectivity index is 1.90. The van der Waals surface area contributed by atoms with Crippen molar-refractivity contribution in [3.8, 4) is 5.82 Å². The maximum Gasteiger partial charge on any atom is 0.190 e. The van der Waals surface area contributed by atoms with E-state index in [4.69, 9.17) is 11.6 Å². The standard InChI is InChI=1S/C13H14ClFN4/c1-8-11(14)7-19(18-8)13-12(15)9(4-5-16-13)6-17-10-2-3-10/h4-5,7,10,17H,2-3,6H2,1H3. The van der Waals surface area contributed by atoms with Crippen LogP contribution < -0.4 is 5.32 Å². The molecule has 6 heteroatoms. The molecule has 2 heterocycles. The number of nitrogens with zero attached hydrogens (tertiary/aromatic N) is 3. The summed E-state index contributed by atoms with van der Waals surface area (Å²) in [6, 6.07) is 2.23. The van der Waals surface area contributed by atoms with Crippen molar-refractivity contribution in [2.75, 3.05) is 0 Å². The lowest BCUT2D eigenvalue weighted by molar-refractivity contribution is 0.566. The Morgan fingerprint density at radius 3 is 2.95 bits per heavy atom. The van der Waals surface area contributed by atoms with E-state index in [2.05, 4.69) is 15.4 Å². The van der Waals surface area contributed by atoms with Gasteiger partial charge in [-0.3, -0.25) is 0 Å². The highest BCUT2D eigenvalue weighted by Gasteiger charge is 2.21. The lowest BCUT2D eigenvalue weighted by atomic mass is 10.2.